The first-order valence-electron chi connectivity index (χ1n) is 5.53. The second-order valence-electron chi connectivity index (χ2n) is 3.89. The van der Waals surface area contributed by atoms with Crippen LogP contribution >= 0.6 is 11.3 Å². The Morgan fingerprint density at radius 2 is 2.18 bits per heavy atom. The Kier molecular flexibility index (Phi) is 3.71. The van der Waals surface area contributed by atoms with E-state index in [1.165, 1.54) is 0 Å². The van der Waals surface area contributed by atoms with Crippen molar-refractivity contribution in [2.24, 2.45) is 5.73 Å². The minimum absolute atomic E-state index is 0.293. The zero-order valence-corrected chi connectivity index (χ0v) is 10.5. The summed E-state index contributed by atoms with van der Waals surface area (Å²) in [6, 6.07) is 5.55. The first-order chi connectivity index (χ1) is 8.20. The summed E-state index contributed by atoms with van der Waals surface area (Å²) < 4.78 is 0. The van der Waals surface area contributed by atoms with Gasteiger partial charge in [0.1, 0.15) is 15.8 Å². The zero-order valence-electron chi connectivity index (χ0n) is 9.68. The third-order valence-electron chi connectivity index (χ3n) is 2.52. The molecule has 0 bridgehead atoms. The lowest BCUT2D eigenvalue weighted by Crippen LogP contribution is -1.99. The summed E-state index contributed by atoms with van der Waals surface area (Å²) in [6.07, 6.45) is 1.79. The van der Waals surface area contributed by atoms with Crippen LogP contribution in [0.2, 0.25) is 0 Å². The lowest BCUT2D eigenvalue weighted by molar-refractivity contribution is 0.471. The Bertz CT molecular complexity index is 510. The summed E-state index contributed by atoms with van der Waals surface area (Å²) >= 11 is 1.55. The summed E-state index contributed by atoms with van der Waals surface area (Å²) in [7, 11) is 0. The van der Waals surface area contributed by atoms with Crippen molar-refractivity contribution in [1.29, 1.82) is 0 Å². The molecule has 0 spiro atoms. The van der Waals surface area contributed by atoms with E-state index in [1.54, 1.807) is 17.4 Å². The van der Waals surface area contributed by atoms with E-state index in [2.05, 4.69) is 10.2 Å². The molecule has 2 rings (SSSR count). The average Bonchev–Trinajstić information content (AvgIpc) is 2.79. The van der Waals surface area contributed by atoms with Gasteiger partial charge in [-0.15, -0.1) is 10.2 Å². The molecule has 3 N–H and O–H groups in total. The summed E-state index contributed by atoms with van der Waals surface area (Å²) in [6.45, 7) is 2.53. The molecule has 1 heterocycles. The van der Waals surface area contributed by atoms with Crippen molar-refractivity contribution in [1.82, 2.24) is 10.2 Å². The molecule has 0 saturated carbocycles. The van der Waals surface area contributed by atoms with E-state index in [-0.39, 0.29) is 0 Å². The molecule has 5 heteroatoms. The van der Waals surface area contributed by atoms with Crippen molar-refractivity contribution < 1.29 is 5.11 Å². The molecule has 4 nitrogen and oxygen atoms in total. The number of aryl methyl sites for hydroxylation is 2. The van der Waals surface area contributed by atoms with Gasteiger partial charge in [0.15, 0.2) is 0 Å². The number of benzene rings is 1. The van der Waals surface area contributed by atoms with Crippen LogP contribution in [0.1, 0.15) is 17.0 Å². The first-order valence-corrected chi connectivity index (χ1v) is 6.35. The number of aromatic hydroxyl groups is 1. The molecule has 0 aliphatic carbocycles. The third-order valence-corrected chi connectivity index (χ3v) is 3.55. The molecule has 0 atom stereocenters. The van der Waals surface area contributed by atoms with Crippen molar-refractivity contribution in [2.45, 2.75) is 19.8 Å². The SMILES string of the molecule is Cc1ccc(-c2nnc(CCCN)s2)cc1O. The van der Waals surface area contributed by atoms with Gasteiger partial charge in [-0.3, -0.25) is 0 Å². The average molecular weight is 249 g/mol. The predicted molar refractivity (Wildman–Crippen MR) is 69.1 cm³/mol. The number of phenols is 1. The number of nitrogens with two attached hydrogens (primary N) is 1. The van der Waals surface area contributed by atoms with Gasteiger partial charge in [0.25, 0.3) is 0 Å². The van der Waals surface area contributed by atoms with Crippen LogP contribution < -0.4 is 5.73 Å². The normalized spacial score (nSPS) is 10.7. The first kappa shape index (κ1) is 12.0. The molecular weight excluding hydrogens is 234 g/mol. The van der Waals surface area contributed by atoms with E-state index in [9.17, 15) is 5.11 Å². The van der Waals surface area contributed by atoms with Crippen LogP contribution in [0.4, 0.5) is 0 Å². The van der Waals surface area contributed by atoms with Gasteiger partial charge >= 0.3 is 0 Å². The van der Waals surface area contributed by atoms with Crippen LogP contribution in [0.3, 0.4) is 0 Å². The van der Waals surface area contributed by atoms with Gasteiger partial charge < -0.3 is 10.8 Å². The van der Waals surface area contributed by atoms with E-state index >= 15 is 0 Å². The van der Waals surface area contributed by atoms with Crippen molar-refractivity contribution >= 4 is 11.3 Å². The maximum atomic E-state index is 9.65. The van der Waals surface area contributed by atoms with Crippen molar-refractivity contribution in [3.8, 4) is 16.3 Å². The Labute approximate surface area is 104 Å². The van der Waals surface area contributed by atoms with E-state index < -0.39 is 0 Å². The van der Waals surface area contributed by atoms with Crippen LogP contribution in [0.5, 0.6) is 5.75 Å². The lowest BCUT2D eigenvalue weighted by atomic mass is 10.1. The molecule has 1 aromatic heterocycles. The molecule has 0 unspecified atom stereocenters. The zero-order chi connectivity index (χ0) is 12.3. The second-order valence-corrected chi connectivity index (χ2v) is 4.96. The van der Waals surface area contributed by atoms with Gasteiger partial charge in [0.05, 0.1) is 0 Å². The summed E-state index contributed by atoms with van der Waals surface area (Å²) in [4.78, 5) is 0. The molecule has 0 fully saturated rings. The number of hydrogen-bond acceptors (Lipinski definition) is 5. The lowest BCUT2D eigenvalue weighted by Gasteiger charge is -2.00. The molecular formula is C12H15N3OS. The molecule has 17 heavy (non-hydrogen) atoms. The summed E-state index contributed by atoms with van der Waals surface area (Å²) in [5.74, 6) is 0.293. The Morgan fingerprint density at radius 1 is 1.35 bits per heavy atom. The number of nitrogens with zero attached hydrogens (tertiary/aromatic N) is 2. The molecule has 2 aromatic rings. The summed E-state index contributed by atoms with van der Waals surface area (Å²) in [5.41, 5.74) is 7.22. The van der Waals surface area contributed by atoms with Gasteiger partial charge in [-0.05, 0) is 31.5 Å². The number of hydrogen-bond donors (Lipinski definition) is 2. The minimum atomic E-state index is 0.293. The largest absolute Gasteiger partial charge is 0.508 e. The van der Waals surface area contributed by atoms with Crippen LogP contribution in [-0.2, 0) is 6.42 Å². The van der Waals surface area contributed by atoms with E-state index in [4.69, 9.17) is 5.73 Å². The van der Waals surface area contributed by atoms with Crippen LogP contribution in [0.15, 0.2) is 18.2 Å². The van der Waals surface area contributed by atoms with Crippen LogP contribution in [-0.4, -0.2) is 21.8 Å². The Morgan fingerprint density at radius 3 is 2.88 bits per heavy atom. The molecule has 0 amide bonds. The van der Waals surface area contributed by atoms with Crippen LogP contribution in [0.25, 0.3) is 10.6 Å². The maximum Gasteiger partial charge on any atom is 0.147 e. The van der Waals surface area contributed by atoms with Crippen molar-refractivity contribution in [2.75, 3.05) is 6.54 Å². The van der Waals surface area contributed by atoms with E-state index in [0.717, 1.165) is 34.0 Å². The van der Waals surface area contributed by atoms with E-state index in [1.807, 2.05) is 19.1 Å². The standard InChI is InChI=1S/C12H15N3OS/c1-8-4-5-9(7-10(8)16)12-15-14-11(17-12)3-2-6-13/h4-5,7,16H,2-3,6,13H2,1H3. The highest BCUT2D eigenvalue weighted by Gasteiger charge is 2.07. The predicted octanol–water partition coefficient (Wildman–Crippen LogP) is 2.11. The molecule has 0 radical (unpaired) electrons. The Hall–Kier alpha value is -1.46. The van der Waals surface area contributed by atoms with Gasteiger partial charge in [-0.1, -0.05) is 23.5 Å². The fourth-order valence-electron chi connectivity index (χ4n) is 1.47. The van der Waals surface area contributed by atoms with Gasteiger partial charge in [0, 0.05) is 12.0 Å². The fraction of sp³-hybridized carbons (Fsp3) is 0.333. The highest BCUT2D eigenvalue weighted by molar-refractivity contribution is 7.14. The van der Waals surface area contributed by atoms with Gasteiger partial charge in [0.2, 0.25) is 0 Å². The van der Waals surface area contributed by atoms with E-state index in [0.29, 0.717) is 12.3 Å². The number of rotatable bonds is 4. The van der Waals surface area contributed by atoms with Crippen molar-refractivity contribution in [3.63, 3.8) is 0 Å². The topological polar surface area (TPSA) is 72.0 Å². The molecule has 0 aliphatic rings. The smallest absolute Gasteiger partial charge is 0.147 e. The summed E-state index contributed by atoms with van der Waals surface area (Å²) in [5, 5.41) is 19.7. The van der Waals surface area contributed by atoms with Gasteiger partial charge in [-0.2, -0.15) is 0 Å². The highest BCUT2D eigenvalue weighted by Crippen LogP contribution is 2.28. The minimum Gasteiger partial charge on any atom is -0.508 e. The third kappa shape index (κ3) is 2.81. The molecule has 1 aromatic carbocycles. The van der Waals surface area contributed by atoms with Crippen molar-refractivity contribution in [3.05, 3.63) is 28.8 Å². The number of aromatic nitrogens is 2. The quantitative estimate of drug-likeness (QED) is 0.870. The molecule has 0 saturated heterocycles. The fourth-order valence-corrected chi connectivity index (χ4v) is 2.34. The number of phenolic OH excluding ortho intramolecular Hbond substituents is 1. The van der Waals surface area contributed by atoms with Crippen LogP contribution in [0, 0.1) is 6.92 Å². The molecule has 0 aliphatic heterocycles. The maximum absolute atomic E-state index is 9.65. The second kappa shape index (κ2) is 5.25. The highest BCUT2D eigenvalue weighted by atomic mass is 32.1. The van der Waals surface area contributed by atoms with Gasteiger partial charge in [-0.25, -0.2) is 0 Å². The Balaban J connectivity index is 2.21. The molecule has 90 valence electrons. The monoisotopic (exact) mass is 249 g/mol.